The molecule has 1 aromatic carbocycles. The van der Waals surface area contributed by atoms with E-state index in [1.165, 1.54) is 0 Å². The van der Waals surface area contributed by atoms with Crippen molar-refractivity contribution in [2.24, 2.45) is 0 Å². The number of rotatable bonds is 1. The summed E-state index contributed by atoms with van der Waals surface area (Å²) in [5, 5.41) is 0. The molecule has 0 N–H and O–H groups in total. The fourth-order valence-electron chi connectivity index (χ4n) is 1.80. The Morgan fingerprint density at radius 2 is 1.88 bits per heavy atom. The minimum atomic E-state index is 0.996. The van der Waals surface area contributed by atoms with E-state index in [9.17, 15) is 0 Å². The van der Waals surface area contributed by atoms with E-state index in [1.807, 2.05) is 36.7 Å². The lowest BCUT2D eigenvalue weighted by molar-refractivity contribution is 1.12. The standard InChI is InChI=1S/C13H9BrN2/c14-10-8-13-12(15-9-10)6-7-16(13)11-4-2-1-3-5-11/h1-9H. The van der Waals surface area contributed by atoms with Crippen LogP contribution in [-0.2, 0) is 0 Å². The second-order valence-corrected chi connectivity index (χ2v) is 4.49. The molecule has 3 heteroatoms. The minimum Gasteiger partial charge on any atom is -0.315 e. The van der Waals surface area contributed by atoms with Gasteiger partial charge in [-0.2, -0.15) is 0 Å². The molecule has 3 rings (SSSR count). The van der Waals surface area contributed by atoms with Gasteiger partial charge in [-0.1, -0.05) is 18.2 Å². The quantitative estimate of drug-likeness (QED) is 0.659. The highest BCUT2D eigenvalue weighted by Gasteiger charge is 2.03. The Kier molecular flexibility index (Phi) is 2.26. The minimum absolute atomic E-state index is 0.996. The molecule has 0 aliphatic heterocycles. The third-order valence-electron chi connectivity index (χ3n) is 2.54. The summed E-state index contributed by atoms with van der Waals surface area (Å²) in [5.74, 6) is 0. The van der Waals surface area contributed by atoms with Crippen LogP contribution in [0.2, 0.25) is 0 Å². The van der Waals surface area contributed by atoms with Crippen molar-refractivity contribution in [2.75, 3.05) is 0 Å². The van der Waals surface area contributed by atoms with Crippen molar-refractivity contribution in [3.63, 3.8) is 0 Å². The van der Waals surface area contributed by atoms with Gasteiger partial charge in [0.15, 0.2) is 0 Å². The molecule has 0 atom stereocenters. The van der Waals surface area contributed by atoms with Gasteiger partial charge in [0, 0.05) is 22.6 Å². The first-order valence-electron chi connectivity index (χ1n) is 5.02. The highest BCUT2D eigenvalue weighted by Crippen LogP contribution is 2.21. The molecule has 16 heavy (non-hydrogen) atoms. The molecular formula is C13H9BrN2. The van der Waals surface area contributed by atoms with E-state index < -0.39 is 0 Å². The average Bonchev–Trinajstić information content (AvgIpc) is 2.73. The van der Waals surface area contributed by atoms with Crippen LogP contribution in [0.25, 0.3) is 16.7 Å². The lowest BCUT2D eigenvalue weighted by Gasteiger charge is -2.04. The smallest absolute Gasteiger partial charge is 0.0885 e. The topological polar surface area (TPSA) is 17.8 Å². The van der Waals surface area contributed by atoms with Crippen LogP contribution < -0.4 is 0 Å². The zero-order valence-corrected chi connectivity index (χ0v) is 10.1. The number of pyridine rings is 1. The van der Waals surface area contributed by atoms with Gasteiger partial charge in [-0.25, -0.2) is 0 Å². The average molecular weight is 273 g/mol. The molecule has 0 radical (unpaired) electrons. The Bertz CT molecular complexity index is 629. The van der Waals surface area contributed by atoms with Crippen molar-refractivity contribution in [1.82, 2.24) is 9.55 Å². The Balaban J connectivity index is 2.29. The molecule has 78 valence electrons. The first-order valence-corrected chi connectivity index (χ1v) is 5.82. The largest absolute Gasteiger partial charge is 0.315 e. The van der Waals surface area contributed by atoms with Crippen molar-refractivity contribution in [2.45, 2.75) is 0 Å². The molecule has 0 saturated carbocycles. The highest BCUT2D eigenvalue weighted by molar-refractivity contribution is 9.10. The molecule has 0 aliphatic rings. The van der Waals surface area contributed by atoms with Gasteiger partial charge < -0.3 is 4.57 Å². The Hall–Kier alpha value is -1.61. The number of hydrogen-bond acceptors (Lipinski definition) is 1. The summed E-state index contributed by atoms with van der Waals surface area (Å²) in [5.41, 5.74) is 3.27. The van der Waals surface area contributed by atoms with Gasteiger partial charge >= 0.3 is 0 Å². The van der Waals surface area contributed by atoms with Crippen LogP contribution in [0.4, 0.5) is 0 Å². The van der Waals surface area contributed by atoms with E-state index in [1.54, 1.807) is 0 Å². The molecule has 0 amide bonds. The molecule has 2 heterocycles. The van der Waals surface area contributed by atoms with Crippen LogP contribution in [0.15, 0.2) is 59.3 Å². The Morgan fingerprint density at radius 3 is 2.69 bits per heavy atom. The molecule has 2 nitrogen and oxygen atoms in total. The number of aromatic nitrogens is 2. The maximum Gasteiger partial charge on any atom is 0.0885 e. The normalized spacial score (nSPS) is 10.8. The lowest BCUT2D eigenvalue weighted by Crippen LogP contribution is -1.91. The molecule has 0 spiro atoms. The lowest BCUT2D eigenvalue weighted by atomic mass is 10.3. The van der Waals surface area contributed by atoms with E-state index in [2.05, 4.69) is 43.7 Å². The highest BCUT2D eigenvalue weighted by atomic mass is 79.9. The molecule has 0 bridgehead atoms. The second kappa shape index (κ2) is 3.76. The predicted molar refractivity (Wildman–Crippen MR) is 68.8 cm³/mol. The molecule has 2 aromatic heterocycles. The molecule has 0 fully saturated rings. The van der Waals surface area contributed by atoms with Gasteiger partial charge in [0.2, 0.25) is 0 Å². The summed E-state index contributed by atoms with van der Waals surface area (Å²) >= 11 is 3.45. The molecule has 0 aliphatic carbocycles. The van der Waals surface area contributed by atoms with Gasteiger partial charge in [-0.05, 0) is 40.2 Å². The van der Waals surface area contributed by atoms with E-state index in [0.29, 0.717) is 0 Å². The monoisotopic (exact) mass is 272 g/mol. The van der Waals surface area contributed by atoms with Crippen LogP contribution >= 0.6 is 15.9 Å². The SMILES string of the molecule is Brc1cnc2ccn(-c3ccccc3)c2c1. The summed E-state index contributed by atoms with van der Waals surface area (Å²) in [7, 11) is 0. The van der Waals surface area contributed by atoms with E-state index in [4.69, 9.17) is 0 Å². The third-order valence-corrected chi connectivity index (χ3v) is 2.97. The van der Waals surface area contributed by atoms with E-state index in [0.717, 1.165) is 21.2 Å². The number of hydrogen-bond donors (Lipinski definition) is 0. The second-order valence-electron chi connectivity index (χ2n) is 3.58. The molecule has 0 unspecified atom stereocenters. The number of nitrogens with zero attached hydrogens (tertiary/aromatic N) is 2. The number of para-hydroxylation sites is 1. The summed E-state index contributed by atoms with van der Waals surface area (Å²) in [6.07, 6.45) is 3.86. The van der Waals surface area contributed by atoms with Crippen LogP contribution in [0.1, 0.15) is 0 Å². The summed E-state index contributed by atoms with van der Waals surface area (Å²) in [6, 6.07) is 14.4. The molecule has 3 aromatic rings. The van der Waals surface area contributed by atoms with Gasteiger partial charge in [-0.3, -0.25) is 4.98 Å². The maximum atomic E-state index is 4.36. The maximum absolute atomic E-state index is 4.36. The van der Waals surface area contributed by atoms with E-state index >= 15 is 0 Å². The van der Waals surface area contributed by atoms with Crippen molar-refractivity contribution in [1.29, 1.82) is 0 Å². The van der Waals surface area contributed by atoms with Gasteiger partial charge in [0.25, 0.3) is 0 Å². The van der Waals surface area contributed by atoms with Crippen molar-refractivity contribution in [3.8, 4) is 5.69 Å². The summed E-state index contributed by atoms with van der Waals surface area (Å²) in [6.45, 7) is 0. The first-order chi connectivity index (χ1) is 7.84. The third kappa shape index (κ3) is 1.53. The summed E-state index contributed by atoms with van der Waals surface area (Å²) in [4.78, 5) is 4.36. The fraction of sp³-hybridized carbons (Fsp3) is 0. The number of benzene rings is 1. The predicted octanol–water partition coefficient (Wildman–Crippen LogP) is 3.79. The van der Waals surface area contributed by atoms with E-state index in [-0.39, 0.29) is 0 Å². The number of fused-ring (bicyclic) bond motifs is 1. The Labute approximate surface area is 102 Å². The van der Waals surface area contributed by atoms with Crippen molar-refractivity contribution in [3.05, 3.63) is 59.3 Å². The van der Waals surface area contributed by atoms with Gasteiger partial charge in [0.05, 0.1) is 11.0 Å². The zero-order valence-electron chi connectivity index (χ0n) is 8.47. The van der Waals surface area contributed by atoms with Crippen LogP contribution in [-0.4, -0.2) is 9.55 Å². The van der Waals surface area contributed by atoms with Crippen LogP contribution in [0.5, 0.6) is 0 Å². The Morgan fingerprint density at radius 1 is 1.06 bits per heavy atom. The number of halogens is 1. The summed E-state index contributed by atoms with van der Waals surface area (Å²) < 4.78 is 3.13. The van der Waals surface area contributed by atoms with Crippen LogP contribution in [0.3, 0.4) is 0 Å². The first kappa shape index (κ1) is 9.60. The zero-order chi connectivity index (χ0) is 11.0. The van der Waals surface area contributed by atoms with Crippen molar-refractivity contribution >= 4 is 27.0 Å². The van der Waals surface area contributed by atoms with Gasteiger partial charge in [0.1, 0.15) is 0 Å². The van der Waals surface area contributed by atoms with Gasteiger partial charge in [-0.15, -0.1) is 0 Å². The van der Waals surface area contributed by atoms with Crippen LogP contribution in [0, 0.1) is 0 Å². The molecular weight excluding hydrogens is 264 g/mol. The van der Waals surface area contributed by atoms with Crippen molar-refractivity contribution < 1.29 is 0 Å². The fourth-order valence-corrected chi connectivity index (χ4v) is 2.12. The molecule has 0 saturated heterocycles.